The van der Waals surface area contributed by atoms with E-state index in [1.807, 2.05) is 31.2 Å². The molecular weight excluding hydrogens is 230 g/mol. The van der Waals surface area contributed by atoms with Crippen molar-refractivity contribution in [2.75, 3.05) is 0 Å². The normalized spacial score (nSPS) is 10.9. The van der Waals surface area contributed by atoms with Gasteiger partial charge in [0.15, 0.2) is 0 Å². The molecule has 0 saturated heterocycles. The van der Waals surface area contributed by atoms with E-state index >= 15 is 0 Å². The van der Waals surface area contributed by atoms with Crippen molar-refractivity contribution >= 4 is 11.0 Å². The molecule has 0 unspecified atom stereocenters. The number of fused-ring (bicyclic) bond motifs is 1. The molecule has 0 aliphatic carbocycles. The second kappa shape index (κ2) is 3.73. The molecule has 3 rings (SSSR count). The zero-order chi connectivity index (χ0) is 12.7. The predicted octanol–water partition coefficient (Wildman–Crippen LogP) is 1.52. The average Bonchev–Trinajstić information content (AvgIpc) is 2.71. The summed E-state index contributed by atoms with van der Waals surface area (Å²) in [4.78, 5) is 25.9. The molecule has 0 atom stereocenters. The summed E-state index contributed by atoms with van der Waals surface area (Å²) in [5.74, 6) is 0. The number of pyridine rings is 1. The summed E-state index contributed by atoms with van der Waals surface area (Å²) in [7, 11) is 0. The summed E-state index contributed by atoms with van der Waals surface area (Å²) in [6.45, 7) is 1.99. The summed E-state index contributed by atoms with van der Waals surface area (Å²) < 4.78 is 0. The summed E-state index contributed by atoms with van der Waals surface area (Å²) in [6.07, 6.45) is 0. The number of aryl methyl sites for hydroxylation is 1. The van der Waals surface area contributed by atoms with Gasteiger partial charge in [-0.15, -0.1) is 0 Å². The summed E-state index contributed by atoms with van der Waals surface area (Å²) in [5, 5.41) is 5.60. The van der Waals surface area contributed by atoms with E-state index in [2.05, 4.69) is 15.2 Å². The van der Waals surface area contributed by atoms with Gasteiger partial charge in [0.05, 0.1) is 5.39 Å². The van der Waals surface area contributed by atoms with Gasteiger partial charge in [-0.1, -0.05) is 29.8 Å². The number of rotatable bonds is 1. The van der Waals surface area contributed by atoms with Gasteiger partial charge in [0.1, 0.15) is 5.65 Å². The molecule has 90 valence electrons. The Morgan fingerprint density at radius 1 is 1.00 bits per heavy atom. The van der Waals surface area contributed by atoms with Crippen molar-refractivity contribution in [2.24, 2.45) is 0 Å². The van der Waals surface area contributed by atoms with Crippen LogP contribution in [0.2, 0.25) is 0 Å². The van der Waals surface area contributed by atoms with E-state index in [9.17, 15) is 9.59 Å². The van der Waals surface area contributed by atoms with E-state index in [4.69, 9.17) is 0 Å². The lowest BCUT2D eigenvalue weighted by molar-refractivity contribution is 1.06. The van der Waals surface area contributed by atoms with Gasteiger partial charge in [-0.2, -0.15) is 0 Å². The smallest absolute Gasteiger partial charge is 0.274 e. The van der Waals surface area contributed by atoms with Crippen LogP contribution in [0.3, 0.4) is 0 Å². The van der Waals surface area contributed by atoms with Crippen molar-refractivity contribution in [1.29, 1.82) is 0 Å². The molecule has 2 aromatic heterocycles. The number of aromatic amines is 3. The minimum Gasteiger partial charge on any atom is -0.307 e. The first-order valence-corrected chi connectivity index (χ1v) is 5.56. The molecule has 0 amide bonds. The highest BCUT2D eigenvalue weighted by Crippen LogP contribution is 2.23. The summed E-state index contributed by atoms with van der Waals surface area (Å²) >= 11 is 0. The molecule has 5 nitrogen and oxygen atoms in total. The van der Waals surface area contributed by atoms with Gasteiger partial charge in [0.2, 0.25) is 5.56 Å². The van der Waals surface area contributed by atoms with Gasteiger partial charge in [-0.25, -0.2) is 0 Å². The molecule has 0 aliphatic rings. The van der Waals surface area contributed by atoms with Crippen LogP contribution in [0.4, 0.5) is 0 Å². The van der Waals surface area contributed by atoms with Gasteiger partial charge in [-0.05, 0) is 12.5 Å². The van der Waals surface area contributed by atoms with E-state index < -0.39 is 0 Å². The van der Waals surface area contributed by atoms with E-state index in [1.165, 1.54) is 6.07 Å². The summed E-state index contributed by atoms with van der Waals surface area (Å²) in [5.41, 5.74) is 2.55. The maximum absolute atomic E-state index is 11.7. The molecule has 0 radical (unpaired) electrons. The second-order valence-corrected chi connectivity index (χ2v) is 4.24. The van der Waals surface area contributed by atoms with Crippen LogP contribution in [0.1, 0.15) is 5.56 Å². The number of H-pyrrole nitrogens is 3. The molecule has 3 aromatic rings. The van der Waals surface area contributed by atoms with Crippen LogP contribution >= 0.6 is 0 Å². The van der Waals surface area contributed by atoms with Crippen molar-refractivity contribution < 1.29 is 0 Å². The number of aromatic nitrogens is 3. The van der Waals surface area contributed by atoms with Crippen LogP contribution in [-0.2, 0) is 0 Å². The second-order valence-electron chi connectivity index (χ2n) is 4.24. The van der Waals surface area contributed by atoms with Crippen LogP contribution < -0.4 is 11.1 Å². The molecule has 1 aromatic carbocycles. The fourth-order valence-electron chi connectivity index (χ4n) is 2.03. The van der Waals surface area contributed by atoms with Gasteiger partial charge in [0, 0.05) is 11.6 Å². The minimum absolute atomic E-state index is 0.239. The van der Waals surface area contributed by atoms with Crippen molar-refractivity contribution in [3.8, 4) is 11.1 Å². The van der Waals surface area contributed by atoms with Gasteiger partial charge in [-0.3, -0.25) is 19.8 Å². The largest absolute Gasteiger partial charge is 0.307 e. The number of benzene rings is 1. The standard InChI is InChI=1S/C13H11N3O2/c1-7-2-4-8(5-3-7)9-6-10(17)14-12-11(9)13(18)16-15-12/h2-6H,1H3,(H3,14,15,16,17,18). The molecule has 3 N–H and O–H groups in total. The quantitative estimate of drug-likeness (QED) is 0.603. The third-order valence-electron chi connectivity index (χ3n) is 2.93. The average molecular weight is 241 g/mol. The number of nitrogens with one attached hydrogen (secondary N) is 3. The van der Waals surface area contributed by atoms with Gasteiger partial charge >= 0.3 is 0 Å². The Labute approximate surface area is 101 Å². The lowest BCUT2D eigenvalue weighted by atomic mass is 10.0. The van der Waals surface area contributed by atoms with E-state index in [0.717, 1.165) is 11.1 Å². The predicted molar refractivity (Wildman–Crippen MR) is 69.7 cm³/mol. The van der Waals surface area contributed by atoms with E-state index in [0.29, 0.717) is 16.6 Å². The molecule has 0 bridgehead atoms. The maximum Gasteiger partial charge on any atom is 0.274 e. The highest BCUT2D eigenvalue weighted by molar-refractivity contribution is 5.91. The zero-order valence-corrected chi connectivity index (χ0v) is 9.70. The Bertz CT molecular complexity index is 822. The molecule has 0 saturated carbocycles. The Balaban J connectivity index is 2.40. The highest BCUT2D eigenvalue weighted by Gasteiger charge is 2.10. The minimum atomic E-state index is -0.242. The van der Waals surface area contributed by atoms with E-state index in [-0.39, 0.29) is 11.1 Å². The fourth-order valence-corrected chi connectivity index (χ4v) is 2.03. The molecule has 0 spiro atoms. The Kier molecular flexibility index (Phi) is 2.19. The van der Waals surface area contributed by atoms with Crippen molar-refractivity contribution in [2.45, 2.75) is 6.92 Å². The van der Waals surface area contributed by atoms with Crippen LogP contribution in [0.25, 0.3) is 22.2 Å². The molecule has 0 aliphatic heterocycles. The molecule has 2 heterocycles. The van der Waals surface area contributed by atoms with Crippen molar-refractivity contribution in [1.82, 2.24) is 15.2 Å². The molecular formula is C13H11N3O2. The van der Waals surface area contributed by atoms with Gasteiger partial charge < -0.3 is 4.98 Å². The van der Waals surface area contributed by atoms with Crippen LogP contribution in [0.5, 0.6) is 0 Å². The topological polar surface area (TPSA) is 81.5 Å². The van der Waals surface area contributed by atoms with Crippen LogP contribution in [0.15, 0.2) is 39.9 Å². The SMILES string of the molecule is Cc1ccc(-c2cc(=O)[nH]c3[nH][nH]c(=O)c23)cc1. The monoisotopic (exact) mass is 241 g/mol. The molecule has 5 heteroatoms. The first-order valence-electron chi connectivity index (χ1n) is 5.56. The zero-order valence-electron chi connectivity index (χ0n) is 9.70. The maximum atomic E-state index is 11.7. The first kappa shape index (κ1) is 10.6. The van der Waals surface area contributed by atoms with Crippen LogP contribution in [-0.4, -0.2) is 15.2 Å². The Morgan fingerprint density at radius 3 is 2.44 bits per heavy atom. The van der Waals surface area contributed by atoms with Crippen molar-refractivity contribution in [3.63, 3.8) is 0 Å². The highest BCUT2D eigenvalue weighted by atomic mass is 16.1. The third-order valence-corrected chi connectivity index (χ3v) is 2.93. The summed E-state index contributed by atoms with van der Waals surface area (Å²) in [6, 6.07) is 9.13. The fraction of sp³-hybridized carbons (Fsp3) is 0.0769. The number of hydrogen-bond acceptors (Lipinski definition) is 2. The third kappa shape index (κ3) is 1.57. The molecule has 0 fully saturated rings. The van der Waals surface area contributed by atoms with Crippen LogP contribution in [0, 0.1) is 6.92 Å². The first-order chi connectivity index (χ1) is 8.65. The van der Waals surface area contributed by atoms with E-state index in [1.54, 1.807) is 0 Å². The molecule has 18 heavy (non-hydrogen) atoms. The number of hydrogen-bond donors (Lipinski definition) is 3. The van der Waals surface area contributed by atoms with Gasteiger partial charge in [0.25, 0.3) is 5.56 Å². The Hall–Kier alpha value is -2.56. The lowest BCUT2D eigenvalue weighted by Gasteiger charge is -2.02. The lowest BCUT2D eigenvalue weighted by Crippen LogP contribution is -2.07. The van der Waals surface area contributed by atoms with Crippen molar-refractivity contribution in [3.05, 3.63) is 56.6 Å². The Morgan fingerprint density at radius 2 is 1.72 bits per heavy atom.